The molecule has 2 heterocycles. The molecule has 0 aliphatic carbocycles. The molecule has 2 amide bonds. The highest BCUT2D eigenvalue weighted by atomic mass is 16.2. The minimum atomic E-state index is -0.224. The lowest BCUT2D eigenvalue weighted by Crippen LogP contribution is -2.40. The monoisotopic (exact) mass is 281 g/mol. The highest BCUT2D eigenvalue weighted by Crippen LogP contribution is 2.21. The number of hydrogen-bond acceptors (Lipinski definition) is 3. The van der Waals surface area contributed by atoms with Crippen LogP contribution in [-0.2, 0) is 9.59 Å². The molecule has 0 aromatic carbocycles. The van der Waals surface area contributed by atoms with E-state index in [1.54, 1.807) is 0 Å². The predicted molar refractivity (Wildman–Crippen MR) is 78.0 cm³/mol. The van der Waals surface area contributed by atoms with Crippen molar-refractivity contribution >= 4 is 11.8 Å². The zero-order chi connectivity index (χ0) is 14.4. The molecule has 2 aliphatic heterocycles. The molecule has 0 bridgehead atoms. The lowest BCUT2D eigenvalue weighted by molar-refractivity contribution is -0.132. The van der Waals surface area contributed by atoms with Crippen molar-refractivity contribution < 1.29 is 9.59 Å². The molecule has 2 aliphatic rings. The van der Waals surface area contributed by atoms with Crippen molar-refractivity contribution in [1.29, 1.82) is 0 Å². The van der Waals surface area contributed by atoms with E-state index >= 15 is 0 Å². The van der Waals surface area contributed by atoms with Gasteiger partial charge in [-0.3, -0.25) is 9.59 Å². The molecule has 3 N–H and O–H groups in total. The van der Waals surface area contributed by atoms with Crippen LogP contribution in [0.2, 0.25) is 0 Å². The van der Waals surface area contributed by atoms with Gasteiger partial charge in [0, 0.05) is 32.0 Å². The summed E-state index contributed by atoms with van der Waals surface area (Å²) < 4.78 is 0. The maximum atomic E-state index is 12.2. The summed E-state index contributed by atoms with van der Waals surface area (Å²) in [5.41, 5.74) is 5.22. The van der Waals surface area contributed by atoms with Gasteiger partial charge in [-0.2, -0.15) is 0 Å². The maximum absolute atomic E-state index is 12.2. The number of primary amides is 1. The predicted octanol–water partition coefficient (Wildman–Crippen LogP) is 1.02. The second-order valence-electron chi connectivity index (χ2n) is 6.18. The van der Waals surface area contributed by atoms with Crippen LogP contribution in [-0.4, -0.2) is 42.4 Å². The van der Waals surface area contributed by atoms with E-state index in [1.807, 2.05) is 4.90 Å². The molecule has 5 heteroatoms. The Balaban J connectivity index is 1.65. The summed E-state index contributed by atoms with van der Waals surface area (Å²) in [5.74, 6) is 0.421. The van der Waals surface area contributed by atoms with E-state index in [1.165, 1.54) is 19.3 Å². The van der Waals surface area contributed by atoms with Gasteiger partial charge in [0.1, 0.15) is 0 Å². The third-order valence-corrected chi connectivity index (χ3v) is 4.58. The van der Waals surface area contributed by atoms with Crippen molar-refractivity contribution in [1.82, 2.24) is 10.2 Å². The normalized spacial score (nSPS) is 24.6. The molecule has 1 unspecified atom stereocenters. The number of piperidine rings is 2. The van der Waals surface area contributed by atoms with Gasteiger partial charge in [-0.05, 0) is 44.6 Å². The van der Waals surface area contributed by atoms with Crippen LogP contribution < -0.4 is 11.1 Å². The Morgan fingerprint density at radius 2 is 1.90 bits per heavy atom. The molecule has 0 aromatic heterocycles. The van der Waals surface area contributed by atoms with Crippen molar-refractivity contribution in [3.05, 3.63) is 0 Å². The average molecular weight is 281 g/mol. The van der Waals surface area contributed by atoms with Crippen LogP contribution in [0.1, 0.15) is 51.4 Å². The molecule has 2 fully saturated rings. The molecule has 5 nitrogen and oxygen atoms in total. The fourth-order valence-corrected chi connectivity index (χ4v) is 3.30. The first-order valence-electron chi connectivity index (χ1n) is 7.94. The largest absolute Gasteiger partial charge is 0.370 e. The summed E-state index contributed by atoms with van der Waals surface area (Å²) in [6, 6.07) is 0.528. The minimum absolute atomic E-state index is 0.224. The maximum Gasteiger partial charge on any atom is 0.222 e. The van der Waals surface area contributed by atoms with Crippen molar-refractivity contribution in [2.24, 2.45) is 11.7 Å². The number of hydrogen-bond donors (Lipinski definition) is 2. The van der Waals surface area contributed by atoms with Crippen molar-refractivity contribution in [3.8, 4) is 0 Å². The summed E-state index contributed by atoms with van der Waals surface area (Å²) in [6.45, 7) is 2.67. The van der Waals surface area contributed by atoms with Gasteiger partial charge >= 0.3 is 0 Å². The Labute approximate surface area is 121 Å². The minimum Gasteiger partial charge on any atom is -0.370 e. The number of amides is 2. The lowest BCUT2D eigenvalue weighted by Gasteiger charge is -2.32. The summed E-state index contributed by atoms with van der Waals surface area (Å²) in [5, 5.41) is 3.48. The van der Waals surface area contributed by atoms with Gasteiger partial charge < -0.3 is 16.0 Å². The van der Waals surface area contributed by atoms with Crippen LogP contribution in [0, 0.1) is 5.92 Å². The fourth-order valence-electron chi connectivity index (χ4n) is 3.30. The highest BCUT2D eigenvalue weighted by Gasteiger charge is 2.24. The van der Waals surface area contributed by atoms with E-state index in [4.69, 9.17) is 5.73 Å². The van der Waals surface area contributed by atoms with Gasteiger partial charge in [-0.15, -0.1) is 0 Å². The fraction of sp³-hybridized carbons (Fsp3) is 0.867. The summed E-state index contributed by atoms with van der Waals surface area (Å²) in [7, 11) is 0. The first-order valence-corrected chi connectivity index (χ1v) is 7.94. The van der Waals surface area contributed by atoms with Gasteiger partial charge in [0.2, 0.25) is 11.8 Å². The van der Waals surface area contributed by atoms with Gasteiger partial charge in [0.25, 0.3) is 0 Å². The van der Waals surface area contributed by atoms with Crippen LogP contribution in [0.4, 0.5) is 0 Å². The van der Waals surface area contributed by atoms with Gasteiger partial charge in [-0.25, -0.2) is 0 Å². The Bertz CT molecular complexity index is 332. The zero-order valence-corrected chi connectivity index (χ0v) is 12.3. The standard InChI is InChI=1S/C15H27N3O2/c16-14(19)11-12-6-9-18(10-7-12)15(20)5-4-13-3-1-2-8-17-13/h12-13,17H,1-11H2,(H2,16,19). The van der Waals surface area contributed by atoms with Crippen molar-refractivity contribution in [2.45, 2.75) is 57.4 Å². The molecule has 0 spiro atoms. The average Bonchev–Trinajstić information content (AvgIpc) is 2.46. The zero-order valence-electron chi connectivity index (χ0n) is 12.3. The van der Waals surface area contributed by atoms with E-state index in [2.05, 4.69) is 5.32 Å². The Hall–Kier alpha value is -1.10. The molecular formula is C15H27N3O2. The summed E-state index contributed by atoms with van der Waals surface area (Å²) in [6.07, 6.45) is 7.65. The molecular weight excluding hydrogens is 254 g/mol. The first-order chi connectivity index (χ1) is 9.65. The van der Waals surface area contributed by atoms with E-state index in [-0.39, 0.29) is 11.8 Å². The second-order valence-corrected chi connectivity index (χ2v) is 6.18. The Kier molecular flexibility index (Phi) is 5.83. The molecule has 1 atom stereocenters. The van der Waals surface area contributed by atoms with Gasteiger partial charge in [0.05, 0.1) is 0 Å². The number of likely N-dealkylation sites (tertiary alicyclic amines) is 1. The number of rotatable bonds is 5. The topological polar surface area (TPSA) is 75.4 Å². The van der Waals surface area contributed by atoms with E-state index in [9.17, 15) is 9.59 Å². The molecule has 0 radical (unpaired) electrons. The van der Waals surface area contributed by atoms with E-state index in [0.29, 0.717) is 24.8 Å². The number of nitrogens with zero attached hydrogens (tertiary/aromatic N) is 1. The van der Waals surface area contributed by atoms with Crippen LogP contribution in [0.15, 0.2) is 0 Å². The van der Waals surface area contributed by atoms with E-state index < -0.39 is 0 Å². The van der Waals surface area contributed by atoms with Crippen LogP contribution in [0.3, 0.4) is 0 Å². The summed E-state index contributed by atoms with van der Waals surface area (Å²) in [4.78, 5) is 25.0. The number of carbonyl (C=O) groups excluding carboxylic acids is 2. The van der Waals surface area contributed by atoms with Crippen LogP contribution in [0.25, 0.3) is 0 Å². The molecule has 0 saturated carbocycles. The quantitative estimate of drug-likeness (QED) is 0.790. The van der Waals surface area contributed by atoms with E-state index in [0.717, 1.165) is 38.9 Å². The van der Waals surface area contributed by atoms with Gasteiger partial charge in [0.15, 0.2) is 0 Å². The molecule has 2 rings (SSSR count). The third-order valence-electron chi connectivity index (χ3n) is 4.58. The number of nitrogens with two attached hydrogens (primary N) is 1. The Morgan fingerprint density at radius 3 is 2.50 bits per heavy atom. The SMILES string of the molecule is NC(=O)CC1CCN(C(=O)CCC2CCCCN2)CC1. The lowest BCUT2D eigenvalue weighted by atomic mass is 9.93. The van der Waals surface area contributed by atoms with Crippen molar-refractivity contribution in [2.75, 3.05) is 19.6 Å². The highest BCUT2D eigenvalue weighted by molar-refractivity contribution is 5.76. The molecule has 0 aromatic rings. The van der Waals surface area contributed by atoms with Gasteiger partial charge in [-0.1, -0.05) is 6.42 Å². The molecule has 20 heavy (non-hydrogen) atoms. The molecule has 114 valence electrons. The number of carbonyl (C=O) groups is 2. The number of nitrogens with one attached hydrogen (secondary N) is 1. The smallest absolute Gasteiger partial charge is 0.222 e. The van der Waals surface area contributed by atoms with Crippen LogP contribution >= 0.6 is 0 Å². The van der Waals surface area contributed by atoms with Crippen molar-refractivity contribution in [3.63, 3.8) is 0 Å². The Morgan fingerprint density at radius 1 is 1.15 bits per heavy atom. The second kappa shape index (κ2) is 7.62. The molecule has 2 saturated heterocycles. The van der Waals surface area contributed by atoms with Crippen LogP contribution in [0.5, 0.6) is 0 Å². The summed E-state index contributed by atoms with van der Waals surface area (Å²) >= 11 is 0. The first kappa shape index (κ1) is 15.3. The third kappa shape index (κ3) is 4.78.